The molecule has 20 heavy (non-hydrogen) atoms. The Morgan fingerprint density at radius 3 is 2.95 bits per heavy atom. The molecule has 1 aliphatic heterocycles. The minimum atomic E-state index is 0.579. The number of nitrogen functional groups attached to an aromatic ring is 1. The van der Waals surface area contributed by atoms with Crippen LogP contribution in [-0.4, -0.2) is 48.1 Å². The van der Waals surface area contributed by atoms with E-state index in [1.807, 2.05) is 18.2 Å². The number of anilines is 2. The highest BCUT2D eigenvalue weighted by molar-refractivity contribution is 5.91. The molecule has 0 saturated carbocycles. The summed E-state index contributed by atoms with van der Waals surface area (Å²) in [4.78, 5) is 13.5. The lowest BCUT2D eigenvalue weighted by Crippen LogP contribution is -2.45. The SMILES string of the molecule is CN(C)C1CCCN(c2ncnc3ccc(N)cc23)C1. The number of hydrogen-bond acceptors (Lipinski definition) is 5. The van der Waals surface area contributed by atoms with E-state index in [0.29, 0.717) is 6.04 Å². The second kappa shape index (κ2) is 5.25. The van der Waals surface area contributed by atoms with Crippen LogP contribution in [-0.2, 0) is 0 Å². The molecular weight excluding hydrogens is 250 g/mol. The Balaban J connectivity index is 1.99. The van der Waals surface area contributed by atoms with Gasteiger partial charge in [-0.25, -0.2) is 9.97 Å². The molecule has 0 amide bonds. The van der Waals surface area contributed by atoms with Crippen LogP contribution in [0.25, 0.3) is 10.9 Å². The fourth-order valence-electron chi connectivity index (χ4n) is 2.88. The standard InChI is InChI=1S/C15H21N5/c1-19(2)12-4-3-7-20(9-12)15-13-8-11(16)5-6-14(13)17-10-18-15/h5-6,8,10,12H,3-4,7,9,16H2,1-2H3. The maximum absolute atomic E-state index is 5.92. The van der Waals surface area contributed by atoms with Crippen molar-refractivity contribution in [2.75, 3.05) is 37.8 Å². The maximum atomic E-state index is 5.92. The zero-order valence-corrected chi connectivity index (χ0v) is 12.1. The van der Waals surface area contributed by atoms with Gasteiger partial charge in [-0.1, -0.05) is 0 Å². The third-order valence-electron chi connectivity index (χ3n) is 4.06. The molecule has 2 heterocycles. The average Bonchev–Trinajstić information content (AvgIpc) is 2.46. The Morgan fingerprint density at radius 1 is 1.30 bits per heavy atom. The highest BCUT2D eigenvalue weighted by Gasteiger charge is 2.23. The Hall–Kier alpha value is -1.88. The fourth-order valence-corrected chi connectivity index (χ4v) is 2.88. The van der Waals surface area contributed by atoms with Gasteiger partial charge in [-0.3, -0.25) is 0 Å². The molecule has 1 aliphatic rings. The van der Waals surface area contributed by atoms with Crippen molar-refractivity contribution >= 4 is 22.4 Å². The van der Waals surface area contributed by atoms with Gasteiger partial charge in [0.25, 0.3) is 0 Å². The van der Waals surface area contributed by atoms with Crippen molar-refractivity contribution in [1.82, 2.24) is 14.9 Å². The van der Waals surface area contributed by atoms with Crippen molar-refractivity contribution in [1.29, 1.82) is 0 Å². The molecule has 0 aliphatic carbocycles. The largest absolute Gasteiger partial charge is 0.399 e. The van der Waals surface area contributed by atoms with E-state index in [2.05, 4.69) is 33.9 Å². The molecule has 1 aromatic heterocycles. The molecular formula is C15H21N5. The summed E-state index contributed by atoms with van der Waals surface area (Å²) in [6.45, 7) is 2.05. The number of nitrogens with zero attached hydrogens (tertiary/aromatic N) is 4. The number of piperidine rings is 1. The van der Waals surface area contributed by atoms with Crippen molar-refractivity contribution in [2.45, 2.75) is 18.9 Å². The molecule has 5 heteroatoms. The molecule has 1 atom stereocenters. The summed E-state index contributed by atoms with van der Waals surface area (Å²) in [6, 6.07) is 6.40. The summed E-state index contributed by atoms with van der Waals surface area (Å²) < 4.78 is 0. The quantitative estimate of drug-likeness (QED) is 0.843. The van der Waals surface area contributed by atoms with E-state index in [9.17, 15) is 0 Å². The third kappa shape index (κ3) is 2.41. The molecule has 106 valence electrons. The third-order valence-corrected chi connectivity index (χ3v) is 4.06. The first kappa shape index (κ1) is 13.1. The topological polar surface area (TPSA) is 58.3 Å². The molecule has 0 bridgehead atoms. The van der Waals surface area contributed by atoms with E-state index >= 15 is 0 Å². The average molecular weight is 271 g/mol. The molecule has 3 rings (SSSR count). The molecule has 1 saturated heterocycles. The van der Waals surface area contributed by atoms with Crippen LogP contribution < -0.4 is 10.6 Å². The fraction of sp³-hybridized carbons (Fsp3) is 0.467. The zero-order chi connectivity index (χ0) is 14.1. The van der Waals surface area contributed by atoms with Gasteiger partial charge in [-0.15, -0.1) is 0 Å². The zero-order valence-electron chi connectivity index (χ0n) is 12.1. The summed E-state index contributed by atoms with van der Waals surface area (Å²) in [5.74, 6) is 1.01. The molecule has 5 nitrogen and oxygen atoms in total. The number of fused-ring (bicyclic) bond motifs is 1. The predicted octanol–water partition coefficient (Wildman–Crippen LogP) is 1.74. The lowest BCUT2D eigenvalue weighted by Gasteiger charge is -2.37. The lowest BCUT2D eigenvalue weighted by atomic mass is 10.0. The summed E-state index contributed by atoms with van der Waals surface area (Å²) >= 11 is 0. The number of rotatable bonds is 2. The molecule has 0 spiro atoms. The van der Waals surface area contributed by atoms with Gasteiger partial charge in [0.05, 0.1) is 5.52 Å². The van der Waals surface area contributed by atoms with E-state index in [0.717, 1.165) is 35.5 Å². The second-order valence-corrected chi connectivity index (χ2v) is 5.68. The highest BCUT2D eigenvalue weighted by atomic mass is 15.2. The van der Waals surface area contributed by atoms with Crippen LogP contribution in [0.1, 0.15) is 12.8 Å². The molecule has 1 fully saturated rings. The van der Waals surface area contributed by atoms with Crippen LogP contribution in [0, 0.1) is 0 Å². The van der Waals surface area contributed by atoms with Crippen molar-refractivity contribution in [2.24, 2.45) is 0 Å². The first-order valence-electron chi connectivity index (χ1n) is 7.07. The summed E-state index contributed by atoms with van der Waals surface area (Å²) in [7, 11) is 4.29. The number of nitrogens with two attached hydrogens (primary N) is 1. The number of likely N-dealkylation sites (N-methyl/N-ethyl adjacent to an activating group) is 1. The molecule has 1 unspecified atom stereocenters. The van der Waals surface area contributed by atoms with E-state index in [1.54, 1.807) is 6.33 Å². The number of benzene rings is 1. The van der Waals surface area contributed by atoms with Crippen molar-refractivity contribution in [3.05, 3.63) is 24.5 Å². The first-order valence-corrected chi connectivity index (χ1v) is 7.07. The van der Waals surface area contributed by atoms with Gasteiger partial charge in [-0.05, 0) is 45.1 Å². The monoisotopic (exact) mass is 271 g/mol. The minimum Gasteiger partial charge on any atom is -0.399 e. The van der Waals surface area contributed by atoms with E-state index < -0.39 is 0 Å². The summed E-state index contributed by atoms with van der Waals surface area (Å²) in [5.41, 5.74) is 7.63. The van der Waals surface area contributed by atoms with Crippen molar-refractivity contribution < 1.29 is 0 Å². The predicted molar refractivity (Wildman–Crippen MR) is 82.9 cm³/mol. The Labute approximate surface area is 119 Å². The van der Waals surface area contributed by atoms with Gasteiger partial charge in [0.15, 0.2) is 0 Å². The minimum absolute atomic E-state index is 0.579. The number of hydrogen-bond donors (Lipinski definition) is 1. The van der Waals surface area contributed by atoms with Crippen LogP contribution in [0.15, 0.2) is 24.5 Å². The van der Waals surface area contributed by atoms with Gasteiger partial charge in [0, 0.05) is 30.2 Å². The molecule has 2 N–H and O–H groups in total. The Kier molecular flexibility index (Phi) is 3.44. The van der Waals surface area contributed by atoms with Crippen LogP contribution >= 0.6 is 0 Å². The van der Waals surface area contributed by atoms with Crippen LogP contribution in [0.5, 0.6) is 0 Å². The normalized spacial score (nSPS) is 19.8. The van der Waals surface area contributed by atoms with Gasteiger partial charge in [0.1, 0.15) is 12.1 Å². The van der Waals surface area contributed by atoms with E-state index in [4.69, 9.17) is 5.73 Å². The molecule has 1 aromatic carbocycles. The van der Waals surface area contributed by atoms with E-state index in [1.165, 1.54) is 12.8 Å². The smallest absolute Gasteiger partial charge is 0.140 e. The maximum Gasteiger partial charge on any atom is 0.140 e. The summed E-state index contributed by atoms with van der Waals surface area (Å²) in [5, 5.41) is 1.05. The van der Waals surface area contributed by atoms with Gasteiger partial charge in [-0.2, -0.15) is 0 Å². The van der Waals surface area contributed by atoms with E-state index in [-0.39, 0.29) is 0 Å². The first-order chi connectivity index (χ1) is 9.65. The second-order valence-electron chi connectivity index (χ2n) is 5.68. The van der Waals surface area contributed by atoms with Gasteiger partial charge < -0.3 is 15.5 Å². The Morgan fingerprint density at radius 2 is 2.15 bits per heavy atom. The molecule has 0 radical (unpaired) electrons. The van der Waals surface area contributed by atoms with Crippen LogP contribution in [0.3, 0.4) is 0 Å². The van der Waals surface area contributed by atoms with Crippen molar-refractivity contribution in [3.8, 4) is 0 Å². The lowest BCUT2D eigenvalue weighted by molar-refractivity contribution is 0.257. The van der Waals surface area contributed by atoms with Gasteiger partial charge in [0.2, 0.25) is 0 Å². The highest BCUT2D eigenvalue weighted by Crippen LogP contribution is 2.27. The van der Waals surface area contributed by atoms with Crippen LogP contribution in [0.4, 0.5) is 11.5 Å². The summed E-state index contributed by atoms with van der Waals surface area (Å²) in [6.07, 6.45) is 4.08. The van der Waals surface area contributed by atoms with Gasteiger partial charge >= 0.3 is 0 Å². The Bertz CT molecular complexity index is 610. The molecule has 2 aromatic rings. The van der Waals surface area contributed by atoms with Crippen molar-refractivity contribution in [3.63, 3.8) is 0 Å². The van der Waals surface area contributed by atoms with Crippen LogP contribution in [0.2, 0.25) is 0 Å². The number of aromatic nitrogens is 2.